The highest BCUT2D eigenvalue weighted by Gasteiger charge is 2.20. The Bertz CT molecular complexity index is 483. The molecule has 2 rings (SSSR count). The zero-order valence-electron chi connectivity index (χ0n) is 11.8. The Morgan fingerprint density at radius 3 is 2.65 bits per heavy atom. The van der Waals surface area contributed by atoms with Crippen molar-refractivity contribution in [2.45, 2.75) is 32.1 Å². The van der Waals surface area contributed by atoms with Crippen LogP contribution in [0.5, 0.6) is 0 Å². The summed E-state index contributed by atoms with van der Waals surface area (Å²) in [6.45, 7) is 5.94. The van der Waals surface area contributed by atoms with Crippen LogP contribution in [0.1, 0.15) is 26.7 Å². The number of amides is 1. The van der Waals surface area contributed by atoms with Crippen molar-refractivity contribution in [2.24, 2.45) is 5.92 Å². The van der Waals surface area contributed by atoms with Crippen LogP contribution in [0.3, 0.4) is 0 Å². The minimum Gasteiger partial charge on any atom is -0.370 e. The van der Waals surface area contributed by atoms with Crippen LogP contribution >= 0.6 is 23.2 Å². The van der Waals surface area contributed by atoms with E-state index in [-0.39, 0.29) is 5.91 Å². The molecule has 1 N–H and O–H groups in total. The molecule has 1 aromatic rings. The number of nitrogens with one attached hydrogen (secondary N) is 1. The first kappa shape index (κ1) is 15.5. The van der Waals surface area contributed by atoms with Crippen molar-refractivity contribution >= 4 is 40.5 Å². The standard InChI is InChI=1S/C15H20Cl2N2O/c1-10-5-7-19(8-6-10)14-4-3-12(17)9-13(14)18-15(20)11(2)16/h3-4,9-11H,5-8H2,1-2H3,(H,18,20)/t11-/m0/s1. The van der Waals surface area contributed by atoms with Gasteiger partial charge in [0, 0.05) is 18.1 Å². The zero-order chi connectivity index (χ0) is 14.7. The third-order valence-corrected chi connectivity index (χ3v) is 4.14. The van der Waals surface area contributed by atoms with E-state index >= 15 is 0 Å². The summed E-state index contributed by atoms with van der Waals surface area (Å²) in [6.07, 6.45) is 2.34. The lowest BCUT2D eigenvalue weighted by Gasteiger charge is -2.33. The fraction of sp³-hybridized carbons (Fsp3) is 0.533. The van der Waals surface area contributed by atoms with Crippen LogP contribution in [0.2, 0.25) is 5.02 Å². The van der Waals surface area contributed by atoms with Crippen molar-refractivity contribution in [1.82, 2.24) is 0 Å². The molecule has 1 heterocycles. The molecule has 1 fully saturated rings. The lowest BCUT2D eigenvalue weighted by molar-refractivity contribution is -0.115. The molecule has 1 aliphatic rings. The fourth-order valence-corrected chi connectivity index (χ4v) is 2.59. The van der Waals surface area contributed by atoms with Crippen LogP contribution in [-0.2, 0) is 4.79 Å². The van der Waals surface area contributed by atoms with Gasteiger partial charge in [-0.05, 0) is 43.9 Å². The number of carbonyl (C=O) groups excluding carboxylic acids is 1. The van der Waals surface area contributed by atoms with Crippen molar-refractivity contribution in [3.8, 4) is 0 Å². The first-order chi connectivity index (χ1) is 9.47. The Morgan fingerprint density at radius 1 is 1.40 bits per heavy atom. The molecule has 20 heavy (non-hydrogen) atoms. The maximum absolute atomic E-state index is 11.8. The van der Waals surface area contributed by atoms with E-state index in [0.717, 1.165) is 30.4 Å². The van der Waals surface area contributed by atoms with Gasteiger partial charge in [0.15, 0.2) is 0 Å². The molecule has 0 aromatic heterocycles. The minimum absolute atomic E-state index is 0.208. The van der Waals surface area contributed by atoms with Gasteiger partial charge in [-0.3, -0.25) is 4.79 Å². The number of piperidine rings is 1. The van der Waals surface area contributed by atoms with Crippen molar-refractivity contribution < 1.29 is 4.79 Å². The molecule has 0 unspecified atom stereocenters. The quantitative estimate of drug-likeness (QED) is 0.850. The van der Waals surface area contributed by atoms with Crippen LogP contribution < -0.4 is 10.2 Å². The number of anilines is 2. The molecule has 1 aromatic carbocycles. The monoisotopic (exact) mass is 314 g/mol. The average Bonchev–Trinajstić information content (AvgIpc) is 2.40. The van der Waals surface area contributed by atoms with E-state index in [2.05, 4.69) is 17.1 Å². The van der Waals surface area contributed by atoms with Gasteiger partial charge >= 0.3 is 0 Å². The molecule has 0 radical (unpaired) electrons. The fourth-order valence-electron chi connectivity index (χ4n) is 2.37. The number of halogens is 2. The lowest BCUT2D eigenvalue weighted by Crippen LogP contribution is -2.33. The summed E-state index contributed by atoms with van der Waals surface area (Å²) in [4.78, 5) is 14.1. The molecular weight excluding hydrogens is 295 g/mol. The molecule has 110 valence electrons. The van der Waals surface area contributed by atoms with Crippen LogP contribution in [-0.4, -0.2) is 24.4 Å². The van der Waals surface area contributed by atoms with E-state index in [0.29, 0.717) is 5.02 Å². The third kappa shape index (κ3) is 3.80. The predicted octanol–water partition coefficient (Wildman–Crippen LogP) is 4.14. The number of carbonyl (C=O) groups is 1. The smallest absolute Gasteiger partial charge is 0.242 e. The van der Waals surface area contributed by atoms with Gasteiger partial charge in [-0.15, -0.1) is 11.6 Å². The lowest BCUT2D eigenvalue weighted by atomic mass is 9.98. The summed E-state index contributed by atoms with van der Waals surface area (Å²) in [5.41, 5.74) is 1.76. The normalized spacial score (nSPS) is 17.9. The molecule has 1 saturated heterocycles. The van der Waals surface area contributed by atoms with Crippen LogP contribution in [0.25, 0.3) is 0 Å². The molecule has 0 spiro atoms. The first-order valence-electron chi connectivity index (χ1n) is 6.97. The Morgan fingerprint density at radius 2 is 2.05 bits per heavy atom. The summed E-state index contributed by atoms with van der Waals surface area (Å²) in [5.74, 6) is 0.556. The maximum Gasteiger partial charge on any atom is 0.242 e. The number of alkyl halides is 1. The van der Waals surface area contributed by atoms with Crippen molar-refractivity contribution in [1.29, 1.82) is 0 Å². The van der Waals surface area contributed by atoms with E-state index in [9.17, 15) is 4.79 Å². The first-order valence-corrected chi connectivity index (χ1v) is 7.78. The van der Waals surface area contributed by atoms with Gasteiger partial charge in [-0.25, -0.2) is 0 Å². The van der Waals surface area contributed by atoms with Gasteiger partial charge in [0.2, 0.25) is 5.91 Å². The SMILES string of the molecule is CC1CCN(c2ccc(Cl)cc2NC(=O)[C@H](C)Cl)CC1. The summed E-state index contributed by atoms with van der Waals surface area (Å²) in [5, 5.41) is 2.90. The topological polar surface area (TPSA) is 32.3 Å². The maximum atomic E-state index is 11.8. The molecule has 1 atom stereocenters. The second kappa shape index (κ2) is 6.68. The van der Waals surface area contributed by atoms with Gasteiger partial charge in [0.05, 0.1) is 11.4 Å². The molecule has 1 amide bonds. The Kier molecular flexibility index (Phi) is 5.17. The number of nitrogens with zero attached hydrogens (tertiary/aromatic N) is 1. The zero-order valence-corrected chi connectivity index (χ0v) is 13.3. The molecule has 0 aliphatic carbocycles. The van der Waals surface area contributed by atoms with Crippen LogP contribution in [0, 0.1) is 5.92 Å². The Labute approximate surface area is 130 Å². The van der Waals surface area contributed by atoms with Crippen molar-refractivity contribution in [2.75, 3.05) is 23.3 Å². The Balaban J connectivity index is 2.21. The summed E-state index contributed by atoms with van der Waals surface area (Å²) in [7, 11) is 0. The molecular formula is C15H20Cl2N2O. The highest BCUT2D eigenvalue weighted by Crippen LogP contribution is 2.32. The highest BCUT2D eigenvalue weighted by molar-refractivity contribution is 6.33. The van der Waals surface area contributed by atoms with Crippen molar-refractivity contribution in [3.05, 3.63) is 23.2 Å². The second-order valence-corrected chi connectivity index (χ2v) is 6.53. The largest absolute Gasteiger partial charge is 0.370 e. The molecule has 0 bridgehead atoms. The van der Waals surface area contributed by atoms with E-state index in [4.69, 9.17) is 23.2 Å². The Hall–Kier alpha value is -0.930. The molecule has 5 heteroatoms. The summed E-state index contributed by atoms with van der Waals surface area (Å²) in [6, 6.07) is 5.60. The predicted molar refractivity (Wildman–Crippen MR) is 86.0 cm³/mol. The number of rotatable bonds is 3. The molecule has 1 aliphatic heterocycles. The van der Waals surface area contributed by atoms with E-state index in [1.165, 1.54) is 12.8 Å². The number of hydrogen-bond acceptors (Lipinski definition) is 2. The van der Waals surface area contributed by atoms with Gasteiger partial charge in [-0.2, -0.15) is 0 Å². The molecule has 3 nitrogen and oxygen atoms in total. The van der Waals surface area contributed by atoms with Gasteiger partial charge in [0.25, 0.3) is 0 Å². The van der Waals surface area contributed by atoms with E-state index in [1.54, 1.807) is 13.0 Å². The van der Waals surface area contributed by atoms with Crippen LogP contribution in [0.4, 0.5) is 11.4 Å². The highest BCUT2D eigenvalue weighted by atomic mass is 35.5. The van der Waals surface area contributed by atoms with Gasteiger partial charge in [-0.1, -0.05) is 18.5 Å². The van der Waals surface area contributed by atoms with E-state index in [1.807, 2.05) is 12.1 Å². The minimum atomic E-state index is -0.566. The summed E-state index contributed by atoms with van der Waals surface area (Å²) >= 11 is 11.9. The van der Waals surface area contributed by atoms with Gasteiger partial charge in [0.1, 0.15) is 5.38 Å². The van der Waals surface area contributed by atoms with Crippen molar-refractivity contribution in [3.63, 3.8) is 0 Å². The summed E-state index contributed by atoms with van der Waals surface area (Å²) < 4.78 is 0. The van der Waals surface area contributed by atoms with Crippen LogP contribution in [0.15, 0.2) is 18.2 Å². The third-order valence-electron chi connectivity index (χ3n) is 3.70. The van der Waals surface area contributed by atoms with Gasteiger partial charge < -0.3 is 10.2 Å². The second-order valence-electron chi connectivity index (χ2n) is 5.44. The molecule has 0 saturated carbocycles. The number of hydrogen-bond donors (Lipinski definition) is 1. The number of benzene rings is 1. The average molecular weight is 315 g/mol. The van der Waals surface area contributed by atoms with E-state index < -0.39 is 5.38 Å².